The van der Waals surface area contributed by atoms with E-state index in [4.69, 9.17) is 0 Å². The lowest BCUT2D eigenvalue weighted by molar-refractivity contribution is -0.111. The van der Waals surface area contributed by atoms with E-state index in [2.05, 4.69) is 26.2 Å². The zero-order valence-electron chi connectivity index (χ0n) is 13.0. The third-order valence-electron chi connectivity index (χ3n) is 4.20. The minimum Gasteiger partial charge on any atom is -0.359 e. The predicted molar refractivity (Wildman–Crippen MR) is 95.3 cm³/mol. The molecule has 0 fully saturated rings. The lowest BCUT2D eigenvalue weighted by Crippen LogP contribution is -2.03. The van der Waals surface area contributed by atoms with Crippen LogP contribution in [0.15, 0.2) is 22.7 Å². The Hall–Kier alpha value is -2.14. The highest BCUT2D eigenvalue weighted by Crippen LogP contribution is 2.35. The molecule has 0 bridgehead atoms. The molecule has 23 heavy (non-hydrogen) atoms. The molecule has 1 aromatic heterocycles. The van der Waals surface area contributed by atoms with Crippen LogP contribution in [-0.2, 0) is 16.0 Å². The number of H-pyrrole nitrogens is 1. The maximum atomic E-state index is 12.3. The topological polar surface area (TPSA) is 62.0 Å². The lowest BCUT2D eigenvalue weighted by Gasteiger charge is -2.00. The number of amides is 1. The van der Waals surface area contributed by atoms with Crippen LogP contribution >= 0.6 is 15.9 Å². The van der Waals surface area contributed by atoms with E-state index in [9.17, 15) is 9.59 Å². The fourth-order valence-electron chi connectivity index (χ4n) is 2.99. The van der Waals surface area contributed by atoms with E-state index in [0.29, 0.717) is 12.0 Å². The molecule has 0 radical (unpaired) electrons. The third kappa shape index (κ3) is 2.88. The van der Waals surface area contributed by atoms with Crippen molar-refractivity contribution in [3.63, 3.8) is 0 Å². The molecule has 2 aromatic rings. The van der Waals surface area contributed by atoms with E-state index >= 15 is 0 Å². The van der Waals surface area contributed by atoms with E-state index in [1.807, 2.05) is 38.1 Å². The monoisotopic (exact) mass is 372 g/mol. The molecule has 4 nitrogen and oxygen atoms in total. The van der Waals surface area contributed by atoms with Gasteiger partial charge in [-0.15, -0.1) is 0 Å². The van der Waals surface area contributed by atoms with Crippen LogP contribution in [0.4, 0.5) is 5.69 Å². The molecule has 0 saturated heterocycles. The van der Waals surface area contributed by atoms with E-state index in [1.54, 1.807) is 0 Å². The van der Waals surface area contributed by atoms with E-state index in [0.717, 1.165) is 50.9 Å². The predicted octanol–water partition coefficient (Wildman–Crippen LogP) is 4.02. The first-order chi connectivity index (χ1) is 11.0. The first-order valence-corrected chi connectivity index (χ1v) is 8.25. The van der Waals surface area contributed by atoms with E-state index in [1.165, 1.54) is 0 Å². The molecule has 1 amide bonds. The summed E-state index contributed by atoms with van der Waals surface area (Å²) in [5.41, 5.74) is 6.57. The first kappa shape index (κ1) is 15.7. The van der Waals surface area contributed by atoms with Gasteiger partial charge in [0, 0.05) is 33.5 Å². The molecule has 0 spiro atoms. The molecule has 1 aliphatic rings. The van der Waals surface area contributed by atoms with Crippen LogP contribution in [0.1, 0.15) is 34.5 Å². The second-order valence-corrected chi connectivity index (χ2v) is 6.59. The molecule has 3 rings (SSSR count). The number of hydrogen-bond donors (Lipinski definition) is 2. The SMILES string of the molecule is Cc1[nH]c(/C=C2\C(=O)Nc3ccc(Br)cc32)c(C)c1CCC=O. The van der Waals surface area contributed by atoms with Gasteiger partial charge in [-0.25, -0.2) is 0 Å². The molecule has 2 N–H and O–H groups in total. The highest BCUT2D eigenvalue weighted by Gasteiger charge is 2.25. The molecular formula is C18H17BrN2O2. The minimum atomic E-state index is -0.0980. The zero-order valence-corrected chi connectivity index (χ0v) is 14.6. The van der Waals surface area contributed by atoms with Gasteiger partial charge in [0.05, 0.1) is 5.57 Å². The van der Waals surface area contributed by atoms with Crippen molar-refractivity contribution in [1.29, 1.82) is 0 Å². The van der Waals surface area contributed by atoms with Crippen molar-refractivity contribution < 1.29 is 9.59 Å². The van der Waals surface area contributed by atoms with E-state index in [-0.39, 0.29) is 5.91 Å². The number of anilines is 1. The minimum absolute atomic E-state index is 0.0980. The van der Waals surface area contributed by atoms with Gasteiger partial charge in [0.1, 0.15) is 6.29 Å². The Morgan fingerprint density at radius 3 is 2.78 bits per heavy atom. The summed E-state index contributed by atoms with van der Waals surface area (Å²) in [5.74, 6) is -0.0980. The zero-order chi connectivity index (χ0) is 16.6. The molecule has 2 heterocycles. The van der Waals surface area contributed by atoms with Crippen molar-refractivity contribution >= 4 is 45.5 Å². The molecule has 1 aliphatic heterocycles. The number of nitrogens with one attached hydrogen (secondary N) is 2. The molecule has 0 unspecified atom stereocenters. The average Bonchev–Trinajstić information content (AvgIpc) is 2.96. The molecule has 0 saturated carbocycles. The molecule has 118 valence electrons. The summed E-state index contributed by atoms with van der Waals surface area (Å²) in [6.45, 7) is 4.01. The Morgan fingerprint density at radius 2 is 2.04 bits per heavy atom. The fourth-order valence-corrected chi connectivity index (χ4v) is 3.35. The van der Waals surface area contributed by atoms with Crippen LogP contribution in [0.5, 0.6) is 0 Å². The standard InChI is InChI=1S/C18H17BrN2O2/c1-10-13(4-3-7-22)11(2)20-17(10)9-15-14-8-12(19)5-6-16(14)21-18(15)23/h5-9,20H,3-4H2,1-2H3,(H,21,23)/b15-9-. The molecular weight excluding hydrogens is 356 g/mol. The smallest absolute Gasteiger partial charge is 0.256 e. The quantitative estimate of drug-likeness (QED) is 0.628. The Bertz CT molecular complexity index is 834. The molecule has 0 aliphatic carbocycles. The summed E-state index contributed by atoms with van der Waals surface area (Å²) in [6.07, 6.45) is 4.05. The second-order valence-electron chi connectivity index (χ2n) is 5.67. The van der Waals surface area contributed by atoms with Gasteiger partial charge in [-0.05, 0) is 55.7 Å². The van der Waals surface area contributed by atoms with Gasteiger partial charge in [-0.2, -0.15) is 0 Å². The number of carbonyl (C=O) groups excluding carboxylic acids is 2. The molecule has 0 atom stereocenters. The van der Waals surface area contributed by atoms with Gasteiger partial charge in [0.15, 0.2) is 0 Å². The van der Waals surface area contributed by atoms with Gasteiger partial charge < -0.3 is 15.1 Å². The number of benzene rings is 1. The number of aromatic nitrogens is 1. The normalized spacial score (nSPS) is 14.9. The summed E-state index contributed by atoms with van der Waals surface area (Å²) in [4.78, 5) is 26.2. The number of aromatic amines is 1. The van der Waals surface area contributed by atoms with Crippen molar-refractivity contribution in [2.75, 3.05) is 5.32 Å². The fraction of sp³-hybridized carbons (Fsp3) is 0.222. The number of hydrogen-bond acceptors (Lipinski definition) is 2. The summed E-state index contributed by atoms with van der Waals surface area (Å²) in [6, 6.07) is 5.74. The number of rotatable bonds is 4. The Kier molecular flexibility index (Phi) is 4.22. The van der Waals surface area contributed by atoms with Crippen LogP contribution in [0.2, 0.25) is 0 Å². The van der Waals surface area contributed by atoms with Crippen molar-refractivity contribution in [1.82, 2.24) is 4.98 Å². The summed E-state index contributed by atoms with van der Waals surface area (Å²) in [5, 5.41) is 2.88. The highest BCUT2D eigenvalue weighted by atomic mass is 79.9. The number of carbonyl (C=O) groups is 2. The molecule has 5 heteroatoms. The Balaban J connectivity index is 2.05. The largest absolute Gasteiger partial charge is 0.359 e. The van der Waals surface area contributed by atoms with Crippen molar-refractivity contribution in [2.45, 2.75) is 26.7 Å². The Morgan fingerprint density at radius 1 is 1.26 bits per heavy atom. The van der Waals surface area contributed by atoms with Gasteiger partial charge in [0.2, 0.25) is 0 Å². The number of aryl methyl sites for hydroxylation is 1. The average molecular weight is 373 g/mol. The maximum Gasteiger partial charge on any atom is 0.256 e. The second kappa shape index (κ2) is 6.16. The summed E-state index contributed by atoms with van der Waals surface area (Å²) in [7, 11) is 0. The van der Waals surface area contributed by atoms with Crippen molar-refractivity contribution in [2.24, 2.45) is 0 Å². The van der Waals surface area contributed by atoms with Crippen molar-refractivity contribution in [3.8, 4) is 0 Å². The third-order valence-corrected chi connectivity index (χ3v) is 4.69. The Labute approximate surface area is 143 Å². The number of halogens is 1. The van der Waals surface area contributed by atoms with Gasteiger partial charge >= 0.3 is 0 Å². The summed E-state index contributed by atoms with van der Waals surface area (Å²) >= 11 is 3.45. The van der Waals surface area contributed by atoms with Crippen LogP contribution < -0.4 is 5.32 Å². The number of fused-ring (bicyclic) bond motifs is 1. The van der Waals surface area contributed by atoms with Crippen LogP contribution in [0.3, 0.4) is 0 Å². The highest BCUT2D eigenvalue weighted by molar-refractivity contribution is 9.10. The van der Waals surface area contributed by atoms with Gasteiger partial charge in [0.25, 0.3) is 5.91 Å². The van der Waals surface area contributed by atoms with Gasteiger partial charge in [-0.1, -0.05) is 15.9 Å². The maximum absolute atomic E-state index is 12.3. The van der Waals surface area contributed by atoms with Crippen LogP contribution in [0.25, 0.3) is 11.6 Å². The van der Waals surface area contributed by atoms with Gasteiger partial charge in [-0.3, -0.25) is 4.79 Å². The van der Waals surface area contributed by atoms with E-state index < -0.39 is 0 Å². The van der Waals surface area contributed by atoms with Crippen LogP contribution in [0, 0.1) is 13.8 Å². The van der Waals surface area contributed by atoms with Crippen molar-refractivity contribution in [3.05, 3.63) is 50.8 Å². The first-order valence-electron chi connectivity index (χ1n) is 7.46. The molecule has 1 aromatic carbocycles. The summed E-state index contributed by atoms with van der Waals surface area (Å²) < 4.78 is 0.935. The number of aldehydes is 1. The lowest BCUT2D eigenvalue weighted by atomic mass is 10.0. The van der Waals surface area contributed by atoms with Crippen LogP contribution in [-0.4, -0.2) is 17.2 Å².